The monoisotopic (exact) mass is 614 g/mol. The van der Waals surface area contributed by atoms with Crippen LogP contribution in [0.4, 0.5) is 0 Å². The van der Waals surface area contributed by atoms with Gasteiger partial charge in [-0.1, -0.05) is 115 Å². The molecule has 0 amide bonds. The molecule has 0 N–H and O–H groups in total. The first-order valence-corrected chi connectivity index (χ1v) is 16.3. The van der Waals surface area contributed by atoms with E-state index in [2.05, 4.69) is 126 Å². The van der Waals surface area contributed by atoms with Crippen LogP contribution in [0, 0.1) is 0 Å². The van der Waals surface area contributed by atoms with Gasteiger partial charge in [0, 0.05) is 33.5 Å². The minimum Gasteiger partial charge on any atom is -0.456 e. The molecule has 9 aromatic rings. The Morgan fingerprint density at radius 3 is 1.94 bits per heavy atom. The van der Waals surface area contributed by atoms with Gasteiger partial charge in [0.2, 0.25) is 11.7 Å². The van der Waals surface area contributed by atoms with E-state index in [1.165, 1.54) is 22.4 Å². The number of hydrogen-bond donors (Lipinski definition) is 0. The first-order valence-electron chi connectivity index (χ1n) is 16.3. The number of para-hydroxylation sites is 3. The smallest absolute Gasteiger partial charge is 0.213 e. The SMILES string of the molecule is c1ccc(C2c3ccccc3-c3ccc(-c4nc5ccccc5nc4-c4ccc(-c5cccc6oc7ccccc7c56)cc4)c[n+]32)cc1. The van der Waals surface area contributed by atoms with E-state index in [1.807, 2.05) is 42.5 Å². The zero-order valence-corrected chi connectivity index (χ0v) is 25.9. The summed E-state index contributed by atoms with van der Waals surface area (Å²) in [5.41, 5.74) is 14.6. The highest BCUT2D eigenvalue weighted by molar-refractivity contribution is 6.12. The summed E-state index contributed by atoms with van der Waals surface area (Å²) in [5.74, 6) is 0. The van der Waals surface area contributed by atoms with Crippen LogP contribution in [-0.2, 0) is 0 Å². The fraction of sp³-hybridized carbons (Fsp3) is 0.0227. The van der Waals surface area contributed by atoms with Crippen molar-refractivity contribution in [3.05, 3.63) is 175 Å². The zero-order chi connectivity index (χ0) is 31.6. The lowest BCUT2D eigenvalue weighted by Gasteiger charge is -2.13. The van der Waals surface area contributed by atoms with E-state index >= 15 is 0 Å². The van der Waals surface area contributed by atoms with Crippen molar-refractivity contribution in [2.45, 2.75) is 6.04 Å². The molecule has 1 aliphatic rings. The number of furan rings is 1. The number of benzene rings is 6. The average Bonchev–Trinajstić information content (AvgIpc) is 3.70. The van der Waals surface area contributed by atoms with Crippen LogP contribution in [0.2, 0.25) is 0 Å². The van der Waals surface area contributed by atoms with Gasteiger partial charge in [-0.25, -0.2) is 9.97 Å². The molecule has 0 saturated carbocycles. The quantitative estimate of drug-likeness (QED) is 0.185. The second-order valence-electron chi connectivity index (χ2n) is 12.4. The van der Waals surface area contributed by atoms with Crippen LogP contribution < -0.4 is 4.57 Å². The van der Waals surface area contributed by atoms with Gasteiger partial charge in [-0.2, -0.15) is 4.57 Å². The Kier molecular flexibility index (Phi) is 5.90. The van der Waals surface area contributed by atoms with E-state index in [1.54, 1.807) is 0 Å². The molecule has 3 aromatic heterocycles. The molecule has 224 valence electrons. The van der Waals surface area contributed by atoms with Crippen molar-refractivity contribution in [2.24, 2.45) is 0 Å². The number of nitrogens with zero attached hydrogens (tertiary/aromatic N) is 3. The maximum atomic E-state index is 6.18. The summed E-state index contributed by atoms with van der Waals surface area (Å²) in [6.45, 7) is 0. The number of rotatable bonds is 4. The third-order valence-electron chi connectivity index (χ3n) is 9.62. The van der Waals surface area contributed by atoms with Gasteiger partial charge in [-0.15, -0.1) is 0 Å². The van der Waals surface area contributed by atoms with E-state index in [0.29, 0.717) is 0 Å². The summed E-state index contributed by atoms with van der Waals surface area (Å²) in [6, 6.07) is 55.3. The van der Waals surface area contributed by atoms with Gasteiger partial charge in [0.05, 0.1) is 27.9 Å². The van der Waals surface area contributed by atoms with Crippen LogP contribution in [0.3, 0.4) is 0 Å². The lowest BCUT2D eigenvalue weighted by molar-refractivity contribution is -0.688. The van der Waals surface area contributed by atoms with Gasteiger partial charge in [0.25, 0.3) is 0 Å². The molecule has 0 aliphatic carbocycles. The Labute approximate surface area is 277 Å². The van der Waals surface area contributed by atoms with Gasteiger partial charge in [0.1, 0.15) is 16.9 Å². The number of hydrogen-bond acceptors (Lipinski definition) is 3. The number of aromatic nitrogens is 3. The predicted octanol–water partition coefficient (Wildman–Crippen LogP) is 10.4. The average molecular weight is 615 g/mol. The summed E-state index contributed by atoms with van der Waals surface area (Å²) in [6.07, 6.45) is 2.26. The molecule has 48 heavy (non-hydrogen) atoms. The van der Waals surface area contributed by atoms with Crippen LogP contribution in [-0.4, -0.2) is 9.97 Å². The molecule has 0 bridgehead atoms. The molecule has 1 unspecified atom stereocenters. The minimum absolute atomic E-state index is 0.0789. The van der Waals surface area contributed by atoms with Crippen molar-refractivity contribution in [1.82, 2.24) is 9.97 Å². The lowest BCUT2D eigenvalue weighted by Crippen LogP contribution is -2.38. The van der Waals surface area contributed by atoms with Crippen molar-refractivity contribution in [2.75, 3.05) is 0 Å². The largest absolute Gasteiger partial charge is 0.456 e. The molecule has 0 spiro atoms. The maximum Gasteiger partial charge on any atom is 0.213 e. The molecule has 0 radical (unpaired) electrons. The molecule has 0 saturated heterocycles. The minimum atomic E-state index is 0.0789. The van der Waals surface area contributed by atoms with Gasteiger partial charge in [-0.3, -0.25) is 0 Å². The number of fused-ring (bicyclic) bond motifs is 7. The fourth-order valence-corrected chi connectivity index (χ4v) is 7.42. The summed E-state index contributed by atoms with van der Waals surface area (Å²) in [7, 11) is 0. The second kappa shape index (κ2) is 10.6. The van der Waals surface area contributed by atoms with E-state index in [-0.39, 0.29) is 6.04 Å². The van der Waals surface area contributed by atoms with Gasteiger partial charge >= 0.3 is 0 Å². The molecule has 4 heteroatoms. The van der Waals surface area contributed by atoms with Crippen molar-refractivity contribution < 1.29 is 8.98 Å². The maximum absolute atomic E-state index is 6.18. The summed E-state index contributed by atoms with van der Waals surface area (Å²) < 4.78 is 8.58. The molecule has 10 rings (SSSR count). The predicted molar refractivity (Wildman–Crippen MR) is 192 cm³/mol. The molecule has 1 aliphatic heterocycles. The second-order valence-corrected chi connectivity index (χ2v) is 12.4. The fourth-order valence-electron chi connectivity index (χ4n) is 7.42. The van der Waals surface area contributed by atoms with Gasteiger partial charge < -0.3 is 4.42 Å². The Bertz CT molecular complexity index is 2680. The standard InChI is InChI=1S/C44H28N3O/c1-2-11-30(12-3-1)44-34-14-5-4-13-33(34)38-26-25-31(27-47(38)44)43-42(45-36-17-7-8-18-37(36)46-43)29-23-21-28(22-24-29)32-16-10-20-40-41(32)35-15-6-9-19-39(35)48-40/h1-27,44H/q+1. The van der Waals surface area contributed by atoms with Crippen molar-refractivity contribution in [3.63, 3.8) is 0 Å². The molecule has 0 fully saturated rings. The summed E-state index contributed by atoms with van der Waals surface area (Å²) in [5, 5.41) is 2.26. The van der Waals surface area contributed by atoms with E-state index < -0.39 is 0 Å². The Balaban J connectivity index is 1.13. The van der Waals surface area contributed by atoms with Gasteiger partial charge in [-0.05, 0) is 47.5 Å². The van der Waals surface area contributed by atoms with Crippen LogP contribution in [0.1, 0.15) is 17.2 Å². The normalized spacial score (nSPS) is 13.6. The molecule has 4 nitrogen and oxygen atoms in total. The van der Waals surface area contributed by atoms with Crippen molar-refractivity contribution in [3.8, 4) is 44.9 Å². The highest BCUT2D eigenvalue weighted by atomic mass is 16.3. The van der Waals surface area contributed by atoms with Crippen LogP contribution >= 0.6 is 0 Å². The highest BCUT2D eigenvalue weighted by Crippen LogP contribution is 2.40. The molecular formula is C44H28N3O+. The van der Waals surface area contributed by atoms with E-state index in [0.717, 1.165) is 66.6 Å². The topological polar surface area (TPSA) is 42.8 Å². The highest BCUT2D eigenvalue weighted by Gasteiger charge is 2.37. The van der Waals surface area contributed by atoms with E-state index in [4.69, 9.17) is 14.4 Å². The van der Waals surface area contributed by atoms with Crippen LogP contribution in [0.25, 0.3) is 77.9 Å². The molecular weight excluding hydrogens is 587 g/mol. The Hall–Kier alpha value is -6.39. The van der Waals surface area contributed by atoms with Crippen LogP contribution in [0.15, 0.2) is 168 Å². The Morgan fingerprint density at radius 2 is 1.10 bits per heavy atom. The van der Waals surface area contributed by atoms with Crippen molar-refractivity contribution in [1.29, 1.82) is 0 Å². The van der Waals surface area contributed by atoms with Crippen molar-refractivity contribution >= 4 is 33.0 Å². The van der Waals surface area contributed by atoms with Gasteiger partial charge in [0.15, 0.2) is 6.20 Å². The lowest BCUT2D eigenvalue weighted by atomic mass is 9.97. The molecule has 6 aromatic carbocycles. The summed E-state index contributed by atoms with van der Waals surface area (Å²) in [4.78, 5) is 10.5. The zero-order valence-electron chi connectivity index (χ0n) is 25.9. The van der Waals surface area contributed by atoms with E-state index in [9.17, 15) is 0 Å². The molecule has 1 atom stereocenters. The summed E-state index contributed by atoms with van der Waals surface area (Å²) >= 11 is 0. The first-order chi connectivity index (χ1) is 23.8. The van der Waals surface area contributed by atoms with Crippen LogP contribution in [0.5, 0.6) is 0 Å². The first kappa shape index (κ1) is 26.8. The third kappa shape index (κ3) is 4.13. The Morgan fingerprint density at radius 1 is 0.479 bits per heavy atom. The molecule has 4 heterocycles. The third-order valence-corrected chi connectivity index (χ3v) is 9.62. The number of pyridine rings is 1.